The number of carbonyl (C=O) groups is 1. The molecule has 0 spiro atoms. The van der Waals surface area contributed by atoms with Gasteiger partial charge in [-0.2, -0.15) is 10.3 Å². The fourth-order valence-corrected chi connectivity index (χ4v) is 3.06. The van der Waals surface area contributed by atoms with E-state index < -0.39 is 5.92 Å². The lowest BCUT2D eigenvalue weighted by Crippen LogP contribution is -2.25. The largest absolute Gasteiger partial charge is 0.483 e. The molecule has 0 fully saturated rings. The van der Waals surface area contributed by atoms with Gasteiger partial charge in [-0.1, -0.05) is 12.1 Å². The fraction of sp³-hybridized carbons (Fsp3) is 0.316. The molecule has 0 saturated carbocycles. The molecule has 0 bridgehead atoms. The first kappa shape index (κ1) is 16.9. The summed E-state index contributed by atoms with van der Waals surface area (Å²) in [7, 11) is 0. The minimum absolute atomic E-state index is 0.0452. The molecule has 1 atom stereocenters. The molecule has 0 N–H and O–H groups in total. The zero-order valence-electron chi connectivity index (χ0n) is 13.8. The number of nitrogens with zero attached hydrogens (tertiary/aromatic N) is 2. The number of rotatable bonds is 4. The number of aliphatic imine (C=N–C) groups is 1. The lowest BCUT2D eigenvalue weighted by atomic mass is 9.77. The summed E-state index contributed by atoms with van der Waals surface area (Å²) < 4.78 is 24.1. The number of hydrogen-bond acceptors (Lipinski definition) is 5. The van der Waals surface area contributed by atoms with Crippen molar-refractivity contribution in [2.24, 2.45) is 4.99 Å². The normalized spacial score (nSPS) is 20.4. The molecule has 1 aromatic carbocycles. The quantitative estimate of drug-likeness (QED) is 0.618. The molecule has 1 unspecified atom stereocenters. The van der Waals surface area contributed by atoms with Crippen LogP contribution >= 0.6 is 0 Å². The highest BCUT2D eigenvalue weighted by Crippen LogP contribution is 2.44. The number of carbonyl (C=O) groups excluding carboxylic acids is 1. The van der Waals surface area contributed by atoms with Crippen LogP contribution in [0.4, 0.5) is 4.39 Å². The highest BCUT2D eigenvalue weighted by molar-refractivity contribution is 5.99. The van der Waals surface area contributed by atoms with Crippen molar-refractivity contribution in [3.05, 3.63) is 58.4 Å². The summed E-state index contributed by atoms with van der Waals surface area (Å²) in [6.07, 6.45) is 2.93. The van der Waals surface area contributed by atoms with Gasteiger partial charge in [0.15, 0.2) is 12.2 Å². The van der Waals surface area contributed by atoms with Crippen LogP contribution in [-0.4, -0.2) is 18.8 Å². The van der Waals surface area contributed by atoms with Crippen LogP contribution in [0.3, 0.4) is 0 Å². The van der Waals surface area contributed by atoms with E-state index in [0.717, 1.165) is 0 Å². The van der Waals surface area contributed by atoms with Gasteiger partial charge in [0.2, 0.25) is 5.88 Å². The van der Waals surface area contributed by atoms with Gasteiger partial charge in [-0.05, 0) is 31.0 Å². The van der Waals surface area contributed by atoms with Crippen LogP contribution in [0.5, 0.6) is 0 Å². The Morgan fingerprint density at radius 2 is 2.16 bits per heavy atom. The number of Topliss-reactive ketones (excluding diaryl/α,β-unsaturated/α-hetero) is 1. The smallest absolute Gasteiger partial charge is 0.236 e. The molecular weight excluding hydrogens is 323 g/mol. The van der Waals surface area contributed by atoms with Gasteiger partial charge >= 0.3 is 0 Å². The number of halogens is 1. The lowest BCUT2D eigenvalue weighted by Gasteiger charge is -2.30. The Balaban J connectivity index is 2.13. The summed E-state index contributed by atoms with van der Waals surface area (Å²) >= 11 is 0. The molecule has 1 aliphatic heterocycles. The zero-order chi connectivity index (χ0) is 17.8. The molecule has 1 aliphatic carbocycles. The number of hydrogen-bond donors (Lipinski definition) is 0. The number of allylic oxidation sites excluding steroid dienone is 3. The minimum atomic E-state index is -0.601. The van der Waals surface area contributed by atoms with Crippen molar-refractivity contribution >= 4 is 12.2 Å². The number of ether oxygens (including phenoxy) is 2. The van der Waals surface area contributed by atoms with E-state index in [1.165, 1.54) is 18.5 Å². The topological polar surface area (TPSA) is 71.7 Å². The van der Waals surface area contributed by atoms with Crippen molar-refractivity contribution in [1.82, 2.24) is 0 Å². The van der Waals surface area contributed by atoms with E-state index in [1.807, 2.05) is 6.92 Å². The van der Waals surface area contributed by atoms with Crippen LogP contribution in [0.1, 0.15) is 37.7 Å². The molecule has 2 aliphatic rings. The van der Waals surface area contributed by atoms with Crippen molar-refractivity contribution in [1.29, 1.82) is 5.26 Å². The Labute approximate surface area is 145 Å². The van der Waals surface area contributed by atoms with E-state index in [0.29, 0.717) is 42.8 Å². The molecule has 128 valence electrons. The predicted octanol–water partition coefficient (Wildman–Crippen LogP) is 3.75. The lowest BCUT2D eigenvalue weighted by molar-refractivity contribution is -0.116. The highest BCUT2D eigenvalue weighted by Gasteiger charge is 2.38. The first-order chi connectivity index (χ1) is 12.2. The summed E-state index contributed by atoms with van der Waals surface area (Å²) in [5.74, 6) is -0.365. The maximum Gasteiger partial charge on any atom is 0.236 e. The van der Waals surface area contributed by atoms with Crippen LogP contribution in [0.2, 0.25) is 0 Å². The van der Waals surface area contributed by atoms with Crippen LogP contribution in [0.15, 0.2) is 52.0 Å². The third-order valence-corrected chi connectivity index (χ3v) is 4.17. The molecular formula is C19H17FN2O3. The number of benzene rings is 1. The Morgan fingerprint density at radius 1 is 1.40 bits per heavy atom. The van der Waals surface area contributed by atoms with Crippen molar-refractivity contribution in [3.8, 4) is 6.07 Å². The maximum absolute atomic E-state index is 13.3. The SMILES string of the molecule is CCO/C=N/C1=C(C#N)C(c2ccc(F)cc2)C2=C(CCCC2=O)O1. The number of nitriles is 1. The molecule has 0 amide bonds. The van der Waals surface area contributed by atoms with Crippen LogP contribution < -0.4 is 0 Å². The Morgan fingerprint density at radius 3 is 2.84 bits per heavy atom. The van der Waals surface area contributed by atoms with Crippen molar-refractivity contribution < 1.29 is 18.7 Å². The second-order valence-electron chi connectivity index (χ2n) is 5.72. The molecule has 5 nitrogen and oxygen atoms in total. The zero-order valence-corrected chi connectivity index (χ0v) is 13.8. The number of ketones is 1. The highest BCUT2D eigenvalue weighted by atomic mass is 19.1. The van der Waals surface area contributed by atoms with Crippen LogP contribution in [-0.2, 0) is 14.3 Å². The summed E-state index contributed by atoms with van der Waals surface area (Å²) in [5.41, 5.74) is 1.36. The average Bonchev–Trinajstić information content (AvgIpc) is 2.62. The first-order valence-corrected chi connectivity index (χ1v) is 8.13. The van der Waals surface area contributed by atoms with Gasteiger partial charge in [-0.3, -0.25) is 4.79 Å². The molecule has 0 saturated heterocycles. The van der Waals surface area contributed by atoms with Gasteiger partial charge in [-0.15, -0.1) is 0 Å². The van der Waals surface area contributed by atoms with Crippen molar-refractivity contribution in [2.45, 2.75) is 32.1 Å². The summed E-state index contributed by atoms with van der Waals surface area (Å²) in [6.45, 7) is 2.25. The van der Waals surface area contributed by atoms with Gasteiger partial charge in [0.1, 0.15) is 23.2 Å². The van der Waals surface area contributed by atoms with Gasteiger partial charge in [0, 0.05) is 18.4 Å². The molecule has 0 radical (unpaired) electrons. The average molecular weight is 340 g/mol. The van der Waals surface area contributed by atoms with E-state index >= 15 is 0 Å². The summed E-state index contributed by atoms with van der Waals surface area (Å²) in [5, 5.41) is 9.67. The second-order valence-corrected chi connectivity index (χ2v) is 5.72. The molecule has 3 rings (SSSR count). The van der Waals surface area contributed by atoms with Gasteiger partial charge < -0.3 is 9.47 Å². The third-order valence-electron chi connectivity index (χ3n) is 4.17. The standard InChI is InChI=1S/C19H17FN2O3/c1-2-24-11-22-19-14(10-21)17(12-6-8-13(20)9-7-12)18-15(23)4-3-5-16(18)25-19/h6-9,11,17H,2-5H2,1H3/b22-11+. The van der Waals surface area contributed by atoms with E-state index in [9.17, 15) is 14.4 Å². The van der Waals surface area contributed by atoms with Crippen LogP contribution in [0.25, 0.3) is 0 Å². The van der Waals surface area contributed by atoms with Crippen molar-refractivity contribution in [2.75, 3.05) is 6.61 Å². The second kappa shape index (κ2) is 7.31. The van der Waals surface area contributed by atoms with E-state index in [4.69, 9.17) is 9.47 Å². The monoisotopic (exact) mass is 340 g/mol. The fourth-order valence-electron chi connectivity index (χ4n) is 3.06. The molecule has 1 heterocycles. The minimum Gasteiger partial charge on any atom is -0.483 e. The van der Waals surface area contributed by atoms with E-state index in [-0.39, 0.29) is 23.1 Å². The van der Waals surface area contributed by atoms with Crippen LogP contribution in [0, 0.1) is 17.1 Å². The maximum atomic E-state index is 13.3. The Bertz CT molecular complexity index is 816. The summed E-state index contributed by atoms with van der Waals surface area (Å²) in [4.78, 5) is 16.6. The first-order valence-electron chi connectivity index (χ1n) is 8.13. The van der Waals surface area contributed by atoms with Gasteiger partial charge in [0.25, 0.3) is 0 Å². The molecule has 0 aromatic heterocycles. The Kier molecular flexibility index (Phi) is 4.94. The van der Waals surface area contributed by atoms with E-state index in [2.05, 4.69) is 11.1 Å². The van der Waals surface area contributed by atoms with Gasteiger partial charge in [0.05, 0.1) is 12.5 Å². The summed E-state index contributed by atoms with van der Waals surface area (Å²) in [6, 6.07) is 7.90. The molecule has 1 aromatic rings. The molecule has 6 heteroatoms. The van der Waals surface area contributed by atoms with E-state index in [1.54, 1.807) is 12.1 Å². The van der Waals surface area contributed by atoms with Gasteiger partial charge in [-0.25, -0.2) is 4.39 Å². The van der Waals surface area contributed by atoms with Crippen molar-refractivity contribution in [3.63, 3.8) is 0 Å². The Hall–Kier alpha value is -2.94. The molecule has 25 heavy (non-hydrogen) atoms. The third kappa shape index (κ3) is 3.31. The predicted molar refractivity (Wildman–Crippen MR) is 88.9 cm³/mol.